The number of rotatable bonds is 7. The van der Waals surface area contributed by atoms with E-state index in [1.54, 1.807) is 6.92 Å². The van der Waals surface area contributed by atoms with Gasteiger partial charge in [-0.1, -0.05) is 6.07 Å². The zero-order valence-electron chi connectivity index (χ0n) is 13.8. The fourth-order valence-corrected chi connectivity index (χ4v) is 2.18. The molecular formula is C17H18FN3O4. The second kappa shape index (κ2) is 8.20. The van der Waals surface area contributed by atoms with Gasteiger partial charge in [0.1, 0.15) is 11.5 Å². The van der Waals surface area contributed by atoms with Crippen LogP contribution in [0.4, 0.5) is 21.5 Å². The van der Waals surface area contributed by atoms with Gasteiger partial charge < -0.3 is 15.4 Å². The lowest BCUT2D eigenvalue weighted by Crippen LogP contribution is -2.14. The Morgan fingerprint density at radius 3 is 2.68 bits per heavy atom. The highest BCUT2D eigenvalue weighted by Gasteiger charge is 2.18. The summed E-state index contributed by atoms with van der Waals surface area (Å²) in [5.41, 5.74) is 1.17. The summed E-state index contributed by atoms with van der Waals surface area (Å²) < 4.78 is 18.2. The molecule has 0 unspecified atom stereocenters. The molecule has 0 spiro atoms. The van der Waals surface area contributed by atoms with Gasteiger partial charge in [-0.25, -0.2) is 4.39 Å². The molecule has 0 bridgehead atoms. The summed E-state index contributed by atoms with van der Waals surface area (Å²) in [5, 5.41) is 16.7. The van der Waals surface area contributed by atoms with Gasteiger partial charge in [0.05, 0.1) is 11.5 Å². The number of nitro benzene ring substituents is 1. The smallest absolute Gasteiger partial charge is 0.293 e. The van der Waals surface area contributed by atoms with Crippen molar-refractivity contribution in [2.75, 3.05) is 30.9 Å². The standard InChI is InChI=1S/C17H18FN3O4/c1-11-3-5-13(18)10-15(11)20-17(22)12-4-6-14(19-7-8-25-2)16(9-12)21(23)24/h3-6,9-10,19H,7-8H2,1-2H3,(H,20,22). The predicted molar refractivity (Wildman–Crippen MR) is 92.6 cm³/mol. The van der Waals surface area contributed by atoms with Gasteiger partial charge in [-0.05, 0) is 36.8 Å². The molecule has 1 amide bonds. The molecule has 0 aliphatic heterocycles. The Bertz CT molecular complexity index is 795. The molecule has 25 heavy (non-hydrogen) atoms. The number of benzene rings is 2. The minimum Gasteiger partial charge on any atom is -0.383 e. The van der Waals surface area contributed by atoms with E-state index in [2.05, 4.69) is 10.6 Å². The highest BCUT2D eigenvalue weighted by atomic mass is 19.1. The lowest BCUT2D eigenvalue weighted by atomic mass is 10.1. The molecule has 0 aliphatic carbocycles. The van der Waals surface area contributed by atoms with E-state index in [9.17, 15) is 19.3 Å². The van der Waals surface area contributed by atoms with Crippen LogP contribution in [-0.4, -0.2) is 31.1 Å². The van der Waals surface area contributed by atoms with E-state index >= 15 is 0 Å². The third-order valence-electron chi connectivity index (χ3n) is 3.53. The maximum Gasteiger partial charge on any atom is 0.293 e. The maximum atomic E-state index is 13.3. The van der Waals surface area contributed by atoms with Crippen LogP contribution in [0.15, 0.2) is 36.4 Å². The largest absolute Gasteiger partial charge is 0.383 e. The molecule has 0 fully saturated rings. The summed E-state index contributed by atoms with van der Waals surface area (Å²) in [7, 11) is 1.53. The molecule has 7 nitrogen and oxygen atoms in total. The Labute approximate surface area is 144 Å². The molecule has 2 rings (SSSR count). The lowest BCUT2D eigenvalue weighted by Gasteiger charge is -2.10. The number of nitrogens with one attached hydrogen (secondary N) is 2. The number of anilines is 2. The van der Waals surface area contributed by atoms with Crippen LogP contribution in [0, 0.1) is 22.9 Å². The third kappa shape index (κ3) is 4.74. The van der Waals surface area contributed by atoms with E-state index in [1.165, 1.54) is 43.5 Å². The van der Waals surface area contributed by atoms with E-state index in [4.69, 9.17) is 4.74 Å². The highest BCUT2D eigenvalue weighted by Crippen LogP contribution is 2.26. The van der Waals surface area contributed by atoms with Crippen LogP contribution in [0.3, 0.4) is 0 Å². The number of nitrogens with zero attached hydrogens (tertiary/aromatic N) is 1. The SMILES string of the molecule is COCCNc1ccc(C(=O)Nc2cc(F)ccc2C)cc1[N+](=O)[O-]. The van der Waals surface area contributed by atoms with Gasteiger partial charge in [0, 0.05) is 31.0 Å². The number of aryl methyl sites for hydroxylation is 1. The van der Waals surface area contributed by atoms with Gasteiger partial charge in [0.25, 0.3) is 11.6 Å². The molecule has 0 aromatic heterocycles. The van der Waals surface area contributed by atoms with Crippen molar-refractivity contribution < 1.29 is 18.8 Å². The number of amides is 1. The first-order valence-corrected chi connectivity index (χ1v) is 7.51. The number of nitro groups is 1. The topological polar surface area (TPSA) is 93.5 Å². The average Bonchev–Trinajstić information content (AvgIpc) is 2.58. The van der Waals surface area contributed by atoms with Crippen molar-refractivity contribution >= 4 is 23.0 Å². The first kappa shape index (κ1) is 18.3. The maximum absolute atomic E-state index is 13.3. The summed E-state index contributed by atoms with van der Waals surface area (Å²) >= 11 is 0. The van der Waals surface area contributed by atoms with Crippen LogP contribution in [-0.2, 0) is 4.74 Å². The number of hydrogen-bond acceptors (Lipinski definition) is 5. The van der Waals surface area contributed by atoms with Crippen LogP contribution in [0.2, 0.25) is 0 Å². The number of ether oxygens (including phenoxy) is 1. The van der Waals surface area contributed by atoms with Gasteiger partial charge in [0.15, 0.2) is 0 Å². The molecule has 2 aromatic carbocycles. The highest BCUT2D eigenvalue weighted by molar-refractivity contribution is 6.05. The zero-order valence-corrected chi connectivity index (χ0v) is 13.8. The molecular weight excluding hydrogens is 329 g/mol. The van der Waals surface area contributed by atoms with Crippen molar-refractivity contribution in [3.63, 3.8) is 0 Å². The number of hydrogen-bond donors (Lipinski definition) is 2. The molecule has 0 heterocycles. The summed E-state index contributed by atoms with van der Waals surface area (Å²) in [6.45, 7) is 2.50. The summed E-state index contributed by atoms with van der Waals surface area (Å²) in [5.74, 6) is -1.04. The Hall–Kier alpha value is -3.00. The summed E-state index contributed by atoms with van der Waals surface area (Å²) in [6, 6.07) is 8.13. The average molecular weight is 347 g/mol. The van der Waals surface area contributed by atoms with Crippen molar-refractivity contribution in [3.8, 4) is 0 Å². The minimum absolute atomic E-state index is 0.104. The van der Waals surface area contributed by atoms with Crippen LogP contribution < -0.4 is 10.6 Å². The van der Waals surface area contributed by atoms with E-state index < -0.39 is 16.6 Å². The fraction of sp³-hybridized carbons (Fsp3) is 0.235. The molecule has 8 heteroatoms. The van der Waals surface area contributed by atoms with Crippen molar-refractivity contribution in [3.05, 3.63) is 63.5 Å². The number of carbonyl (C=O) groups excluding carboxylic acids is 1. The second-order valence-corrected chi connectivity index (χ2v) is 5.32. The number of methoxy groups -OCH3 is 1. The van der Waals surface area contributed by atoms with Crippen molar-refractivity contribution in [2.45, 2.75) is 6.92 Å². The Kier molecular flexibility index (Phi) is 6.02. The van der Waals surface area contributed by atoms with Crippen LogP contribution in [0.5, 0.6) is 0 Å². The molecule has 0 aliphatic rings. The molecule has 2 aromatic rings. The molecule has 2 N–H and O–H groups in total. The van der Waals surface area contributed by atoms with Crippen LogP contribution in [0.1, 0.15) is 15.9 Å². The van der Waals surface area contributed by atoms with Gasteiger partial charge in [-0.2, -0.15) is 0 Å². The fourth-order valence-electron chi connectivity index (χ4n) is 2.18. The summed E-state index contributed by atoms with van der Waals surface area (Å²) in [6.07, 6.45) is 0. The molecule has 0 saturated heterocycles. The van der Waals surface area contributed by atoms with E-state index in [1.807, 2.05) is 0 Å². The number of halogens is 1. The Balaban J connectivity index is 2.23. The van der Waals surface area contributed by atoms with E-state index in [-0.39, 0.29) is 11.3 Å². The first-order chi connectivity index (χ1) is 11.9. The predicted octanol–water partition coefficient (Wildman–Crippen LogP) is 3.35. The Morgan fingerprint density at radius 2 is 2.00 bits per heavy atom. The zero-order chi connectivity index (χ0) is 18.4. The molecule has 0 radical (unpaired) electrons. The normalized spacial score (nSPS) is 10.4. The van der Waals surface area contributed by atoms with Crippen LogP contribution >= 0.6 is 0 Å². The van der Waals surface area contributed by atoms with Gasteiger partial charge in [-0.15, -0.1) is 0 Å². The molecule has 0 saturated carbocycles. The van der Waals surface area contributed by atoms with Crippen molar-refractivity contribution in [1.82, 2.24) is 0 Å². The van der Waals surface area contributed by atoms with E-state index in [0.29, 0.717) is 30.1 Å². The van der Waals surface area contributed by atoms with Gasteiger partial charge >= 0.3 is 0 Å². The second-order valence-electron chi connectivity index (χ2n) is 5.32. The number of carbonyl (C=O) groups is 1. The van der Waals surface area contributed by atoms with Gasteiger partial charge in [-0.3, -0.25) is 14.9 Å². The quantitative estimate of drug-likeness (QED) is 0.455. The Morgan fingerprint density at radius 1 is 1.24 bits per heavy atom. The third-order valence-corrected chi connectivity index (χ3v) is 3.53. The monoisotopic (exact) mass is 347 g/mol. The van der Waals surface area contributed by atoms with E-state index in [0.717, 1.165) is 0 Å². The summed E-state index contributed by atoms with van der Waals surface area (Å²) in [4.78, 5) is 23.0. The van der Waals surface area contributed by atoms with Crippen LogP contribution in [0.25, 0.3) is 0 Å². The first-order valence-electron chi connectivity index (χ1n) is 7.51. The molecule has 0 atom stereocenters. The van der Waals surface area contributed by atoms with Crippen molar-refractivity contribution in [1.29, 1.82) is 0 Å². The van der Waals surface area contributed by atoms with Gasteiger partial charge in [0.2, 0.25) is 0 Å². The lowest BCUT2D eigenvalue weighted by molar-refractivity contribution is -0.384. The minimum atomic E-state index is -0.570. The molecule has 132 valence electrons. The van der Waals surface area contributed by atoms with Crippen molar-refractivity contribution in [2.24, 2.45) is 0 Å².